The molecule has 108 valence electrons. The molecule has 0 unspecified atom stereocenters. The lowest BCUT2D eigenvalue weighted by molar-refractivity contribution is 0.484. The van der Waals surface area contributed by atoms with Crippen LogP contribution in [-0.4, -0.2) is 4.98 Å². The molecule has 0 saturated heterocycles. The third-order valence-electron chi connectivity index (χ3n) is 3.19. The summed E-state index contributed by atoms with van der Waals surface area (Å²) in [6, 6.07) is 6.85. The summed E-state index contributed by atoms with van der Waals surface area (Å²) < 4.78 is 10.7. The van der Waals surface area contributed by atoms with Crippen LogP contribution in [0, 0.1) is 13.8 Å². The molecule has 0 aliphatic carbocycles. The number of nitrogen functional groups attached to an aromatic ring is 1. The van der Waals surface area contributed by atoms with Crippen molar-refractivity contribution >= 4 is 28.4 Å². The zero-order valence-corrected chi connectivity index (χ0v) is 12.2. The Hall–Kier alpha value is -2.40. The van der Waals surface area contributed by atoms with Gasteiger partial charge in [0.1, 0.15) is 5.75 Å². The van der Waals surface area contributed by atoms with Crippen molar-refractivity contribution in [3.05, 3.63) is 51.0 Å². The summed E-state index contributed by atoms with van der Waals surface area (Å²) in [5, 5.41) is 0.713. The first-order chi connectivity index (χ1) is 9.94. The molecule has 3 N–H and O–H groups in total. The van der Waals surface area contributed by atoms with E-state index in [9.17, 15) is 4.79 Å². The van der Waals surface area contributed by atoms with Gasteiger partial charge in [0, 0.05) is 17.2 Å². The van der Waals surface area contributed by atoms with Crippen molar-refractivity contribution in [3.63, 3.8) is 0 Å². The summed E-state index contributed by atoms with van der Waals surface area (Å²) in [5.74, 6) is 0.548. The predicted molar refractivity (Wildman–Crippen MR) is 82.2 cm³/mol. The van der Waals surface area contributed by atoms with Crippen LogP contribution in [0.5, 0.6) is 11.5 Å². The number of anilines is 1. The maximum absolute atomic E-state index is 11.2. The number of ether oxygens (including phenoxy) is 1. The molecule has 3 aromatic rings. The summed E-state index contributed by atoms with van der Waals surface area (Å²) in [7, 11) is 0. The third kappa shape index (κ3) is 2.48. The van der Waals surface area contributed by atoms with Crippen LogP contribution in [0.4, 0.5) is 5.69 Å². The number of nitrogens with two attached hydrogens (primary N) is 1. The predicted octanol–water partition coefficient (Wildman–Crippen LogP) is 3.77. The number of hydrogen-bond donors (Lipinski definition) is 2. The van der Waals surface area contributed by atoms with Gasteiger partial charge in [-0.15, -0.1) is 0 Å². The number of oxazole rings is 1. The summed E-state index contributed by atoms with van der Waals surface area (Å²) in [6.07, 6.45) is 0. The minimum absolute atomic E-state index is 0.385. The number of aryl methyl sites for hydroxylation is 2. The second-order valence-corrected chi connectivity index (χ2v) is 5.25. The zero-order valence-electron chi connectivity index (χ0n) is 11.5. The van der Waals surface area contributed by atoms with E-state index in [1.807, 2.05) is 26.0 Å². The molecule has 3 rings (SSSR count). The van der Waals surface area contributed by atoms with E-state index in [1.54, 1.807) is 12.1 Å². The molecule has 0 atom stereocenters. The van der Waals surface area contributed by atoms with Crippen LogP contribution >= 0.6 is 11.6 Å². The van der Waals surface area contributed by atoms with E-state index in [-0.39, 0.29) is 0 Å². The quantitative estimate of drug-likeness (QED) is 0.706. The van der Waals surface area contributed by atoms with Gasteiger partial charge in [0.15, 0.2) is 11.3 Å². The van der Waals surface area contributed by atoms with E-state index in [1.165, 1.54) is 0 Å². The first kappa shape index (κ1) is 13.6. The number of aromatic amines is 1. The number of halogens is 1. The number of H-pyrrole nitrogens is 1. The molecule has 0 aliphatic heterocycles. The van der Waals surface area contributed by atoms with Gasteiger partial charge in [0.05, 0.1) is 11.2 Å². The van der Waals surface area contributed by atoms with Crippen LogP contribution in [0.15, 0.2) is 33.5 Å². The Kier molecular flexibility index (Phi) is 3.14. The standard InChI is InChI=1S/C15H13ClN2O3/c1-7-3-9(4-8(2)14(7)16)20-12-6-11-13(5-10(12)17)21-15(19)18-11/h3-6H,17H2,1-2H3,(H,18,19). The normalized spacial score (nSPS) is 11.0. The largest absolute Gasteiger partial charge is 0.455 e. The average Bonchev–Trinajstić information content (AvgIpc) is 2.75. The molecule has 0 amide bonds. The lowest BCUT2D eigenvalue weighted by atomic mass is 10.1. The first-order valence-electron chi connectivity index (χ1n) is 6.31. The minimum Gasteiger partial charge on any atom is -0.455 e. The molecule has 6 heteroatoms. The molecule has 0 bridgehead atoms. The lowest BCUT2D eigenvalue weighted by Crippen LogP contribution is -1.94. The highest BCUT2D eigenvalue weighted by molar-refractivity contribution is 6.32. The average molecular weight is 305 g/mol. The van der Waals surface area contributed by atoms with E-state index < -0.39 is 5.76 Å². The molecular formula is C15H13ClN2O3. The summed E-state index contributed by atoms with van der Waals surface area (Å²) in [5.41, 5.74) is 9.08. The van der Waals surface area contributed by atoms with Crippen LogP contribution in [0.25, 0.3) is 11.1 Å². The smallest absolute Gasteiger partial charge is 0.417 e. The Morgan fingerprint density at radius 1 is 1.19 bits per heavy atom. The van der Waals surface area contributed by atoms with Crippen LogP contribution in [-0.2, 0) is 0 Å². The maximum atomic E-state index is 11.2. The fourth-order valence-electron chi connectivity index (χ4n) is 2.17. The van der Waals surface area contributed by atoms with Gasteiger partial charge in [-0.1, -0.05) is 11.6 Å². The monoisotopic (exact) mass is 304 g/mol. The van der Waals surface area contributed by atoms with E-state index in [2.05, 4.69) is 4.98 Å². The Labute approximate surface area is 125 Å². The maximum Gasteiger partial charge on any atom is 0.417 e. The van der Waals surface area contributed by atoms with Crippen LogP contribution < -0.4 is 16.2 Å². The van der Waals surface area contributed by atoms with Crippen LogP contribution in [0.2, 0.25) is 5.02 Å². The molecule has 5 nitrogen and oxygen atoms in total. The van der Waals surface area contributed by atoms with E-state index in [0.717, 1.165) is 11.1 Å². The van der Waals surface area contributed by atoms with Crippen molar-refractivity contribution in [2.24, 2.45) is 0 Å². The van der Waals surface area contributed by atoms with Crippen molar-refractivity contribution in [3.8, 4) is 11.5 Å². The summed E-state index contributed by atoms with van der Waals surface area (Å²) in [6.45, 7) is 3.81. The minimum atomic E-state index is -0.528. The number of nitrogens with one attached hydrogen (secondary N) is 1. The Morgan fingerprint density at radius 2 is 1.86 bits per heavy atom. The molecule has 2 aromatic carbocycles. The van der Waals surface area contributed by atoms with Gasteiger partial charge in [-0.25, -0.2) is 4.79 Å². The summed E-state index contributed by atoms with van der Waals surface area (Å²) in [4.78, 5) is 13.7. The van der Waals surface area contributed by atoms with Crippen molar-refractivity contribution in [1.82, 2.24) is 4.98 Å². The molecule has 21 heavy (non-hydrogen) atoms. The molecule has 0 saturated carbocycles. The van der Waals surface area contributed by atoms with Gasteiger partial charge in [0.2, 0.25) is 0 Å². The third-order valence-corrected chi connectivity index (χ3v) is 3.79. The van der Waals surface area contributed by atoms with E-state index >= 15 is 0 Å². The van der Waals surface area contributed by atoms with Gasteiger partial charge < -0.3 is 14.9 Å². The van der Waals surface area contributed by atoms with Gasteiger partial charge in [-0.3, -0.25) is 4.98 Å². The number of hydrogen-bond acceptors (Lipinski definition) is 4. The lowest BCUT2D eigenvalue weighted by Gasteiger charge is -2.11. The van der Waals surface area contributed by atoms with Gasteiger partial charge in [-0.05, 0) is 37.1 Å². The van der Waals surface area contributed by atoms with E-state index in [0.29, 0.717) is 33.3 Å². The zero-order chi connectivity index (χ0) is 15.1. The Bertz CT molecular complexity index is 873. The summed E-state index contributed by atoms with van der Waals surface area (Å²) >= 11 is 6.13. The van der Waals surface area contributed by atoms with Crippen molar-refractivity contribution in [1.29, 1.82) is 0 Å². The highest BCUT2D eigenvalue weighted by atomic mass is 35.5. The highest BCUT2D eigenvalue weighted by Crippen LogP contribution is 2.33. The van der Waals surface area contributed by atoms with Crippen molar-refractivity contribution in [2.75, 3.05) is 5.73 Å². The molecule has 0 spiro atoms. The van der Waals surface area contributed by atoms with Gasteiger partial charge in [-0.2, -0.15) is 0 Å². The highest BCUT2D eigenvalue weighted by Gasteiger charge is 2.10. The fraction of sp³-hybridized carbons (Fsp3) is 0.133. The number of aromatic nitrogens is 1. The molecule has 0 aliphatic rings. The number of rotatable bonds is 2. The van der Waals surface area contributed by atoms with Gasteiger partial charge in [0.25, 0.3) is 0 Å². The number of fused-ring (bicyclic) bond motifs is 1. The van der Waals surface area contributed by atoms with Crippen molar-refractivity contribution < 1.29 is 9.15 Å². The molecular weight excluding hydrogens is 292 g/mol. The molecule has 1 heterocycles. The molecule has 0 fully saturated rings. The molecule has 0 radical (unpaired) electrons. The first-order valence-corrected chi connectivity index (χ1v) is 6.69. The van der Waals surface area contributed by atoms with Crippen LogP contribution in [0.1, 0.15) is 11.1 Å². The SMILES string of the molecule is Cc1cc(Oc2cc3[nH]c(=O)oc3cc2N)cc(C)c1Cl. The second-order valence-electron chi connectivity index (χ2n) is 4.87. The Balaban J connectivity index is 2.05. The number of benzene rings is 2. The second kappa shape index (κ2) is 4.86. The topological polar surface area (TPSA) is 81.2 Å². The fourth-order valence-corrected chi connectivity index (χ4v) is 2.28. The Morgan fingerprint density at radius 3 is 2.52 bits per heavy atom. The van der Waals surface area contributed by atoms with Crippen molar-refractivity contribution in [2.45, 2.75) is 13.8 Å². The van der Waals surface area contributed by atoms with E-state index in [4.69, 9.17) is 26.5 Å². The van der Waals surface area contributed by atoms with Gasteiger partial charge >= 0.3 is 5.76 Å². The van der Waals surface area contributed by atoms with Crippen LogP contribution in [0.3, 0.4) is 0 Å². The molecule has 1 aromatic heterocycles.